The van der Waals surface area contributed by atoms with E-state index in [1.807, 2.05) is 0 Å². The number of carbonyl (C=O) groups is 1. The first-order valence-electron chi connectivity index (χ1n) is 5.81. The van der Waals surface area contributed by atoms with Crippen molar-refractivity contribution in [1.29, 1.82) is 0 Å². The molecule has 3 atom stereocenters. The predicted molar refractivity (Wildman–Crippen MR) is 61.6 cm³/mol. The van der Waals surface area contributed by atoms with Gasteiger partial charge in [-0.25, -0.2) is 0 Å². The van der Waals surface area contributed by atoms with Crippen LogP contribution in [0.3, 0.4) is 0 Å². The zero-order chi connectivity index (χ0) is 11.6. The molecule has 0 heterocycles. The minimum absolute atomic E-state index is 0.118. The number of hydrogen-bond acceptors (Lipinski definition) is 2. The Morgan fingerprint density at radius 3 is 2.40 bits per heavy atom. The molecule has 1 aliphatic rings. The average Bonchev–Trinajstić information content (AvgIpc) is 2.16. The van der Waals surface area contributed by atoms with Crippen LogP contribution in [-0.2, 0) is 4.79 Å². The Balaban J connectivity index is 2.73. The van der Waals surface area contributed by atoms with E-state index in [4.69, 9.17) is 0 Å². The molecule has 1 N–H and O–H groups in total. The van der Waals surface area contributed by atoms with Crippen molar-refractivity contribution < 1.29 is 9.90 Å². The second-order valence-electron chi connectivity index (χ2n) is 5.13. The Bertz CT molecular complexity index is 255. The van der Waals surface area contributed by atoms with Gasteiger partial charge in [0.1, 0.15) is 5.78 Å². The van der Waals surface area contributed by atoms with Gasteiger partial charge in [-0.15, -0.1) is 0 Å². The van der Waals surface area contributed by atoms with Gasteiger partial charge in [0.25, 0.3) is 0 Å². The van der Waals surface area contributed by atoms with E-state index in [0.29, 0.717) is 11.8 Å². The normalized spacial score (nSPS) is 31.6. The van der Waals surface area contributed by atoms with E-state index < -0.39 is 0 Å². The van der Waals surface area contributed by atoms with E-state index in [0.717, 1.165) is 19.3 Å². The highest BCUT2D eigenvalue weighted by molar-refractivity contribution is 5.78. The van der Waals surface area contributed by atoms with Crippen LogP contribution in [0.1, 0.15) is 40.0 Å². The molecule has 0 saturated heterocycles. The SMILES string of the molecule is C=C(O)C1CC(C(C)=O)CCC1C(C)C. The monoisotopic (exact) mass is 210 g/mol. The van der Waals surface area contributed by atoms with Gasteiger partial charge in [-0.2, -0.15) is 0 Å². The third-order valence-electron chi connectivity index (χ3n) is 3.76. The fraction of sp³-hybridized carbons (Fsp3) is 0.769. The zero-order valence-electron chi connectivity index (χ0n) is 9.99. The molecule has 0 amide bonds. The van der Waals surface area contributed by atoms with Crippen LogP contribution in [0.4, 0.5) is 0 Å². The second kappa shape index (κ2) is 4.82. The second-order valence-corrected chi connectivity index (χ2v) is 5.13. The Morgan fingerprint density at radius 1 is 1.40 bits per heavy atom. The summed E-state index contributed by atoms with van der Waals surface area (Å²) >= 11 is 0. The van der Waals surface area contributed by atoms with Crippen molar-refractivity contribution in [3.63, 3.8) is 0 Å². The third kappa shape index (κ3) is 2.83. The van der Waals surface area contributed by atoms with E-state index in [-0.39, 0.29) is 23.4 Å². The minimum Gasteiger partial charge on any atom is -0.513 e. The van der Waals surface area contributed by atoms with Crippen LogP contribution in [-0.4, -0.2) is 10.9 Å². The Morgan fingerprint density at radius 2 is 2.00 bits per heavy atom. The Kier molecular flexibility index (Phi) is 3.95. The predicted octanol–water partition coefficient (Wildman–Crippen LogP) is 3.34. The van der Waals surface area contributed by atoms with Crippen LogP contribution in [0, 0.1) is 23.7 Å². The molecule has 2 nitrogen and oxygen atoms in total. The highest BCUT2D eigenvalue weighted by atomic mass is 16.3. The third-order valence-corrected chi connectivity index (χ3v) is 3.76. The molecule has 1 rings (SSSR count). The maximum Gasteiger partial charge on any atom is 0.132 e. The summed E-state index contributed by atoms with van der Waals surface area (Å²) in [6, 6.07) is 0. The Labute approximate surface area is 92.4 Å². The molecule has 3 unspecified atom stereocenters. The molecule has 0 radical (unpaired) electrons. The van der Waals surface area contributed by atoms with Gasteiger partial charge in [-0.3, -0.25) is 4.79 Å². The van der Waals surface area contributed by atoms with Gasteiger partial charge in [0.05, 0.1) is 5.76 Å². The molecule has 0 bridgehead atoms. The van der Waals surface area contributed by atoms with E-state index in [1.165, 1.54) is 0 Å². The lowest BCUT2D eigenvalue weighted by Gasteiger charge is -2.37. The van der Waals surface area contributed by atoms with Crippen LogP contribution in [0.5, 0.6) is 0 Å². The zero-order valence-corrected chi connectivity index (χ0v) is 9.99. The molecule has 0 aliphatic heterocycles. The Hall–Kier alpha value is -0.790. The first-order valence-corrected chi connectivity index (χ1v) is 5.81. The van der Waals surface area contributed by atoms with Gasteiger partial charge in [-0.05, 0) is 38.0 Å². The van der Waals surface area contributed by atoms with Crippen molar-refractivity contribution in [2.45, 2.75) is 40.0 Å². The highest BCUT2D eigenvalue weighted by Crippen LogP contribution is 2.40. The topological polar surface area (TPSA) is 37.3 Å². The van der Waals surface area contributed by atoms with E-state index >= 15 is 0 Å². The first kappa shape index (κ1) is 12.3. The van der Waals surface area contributed by atoms with Crippen LogP contribution in [0.2, 0.25) is 0 Å². The molecule has 2 heteroatoms. The summed E-state index contributed by atoms with van der Waals surface area (Å²) in [6.07, 6.45) is 2.79. The number of rotatable bonds is 3. The summed E-state index contributed by atoms with van der Waals surface area (Å²) in [5, 5.41) is 9.59. The van der Waals surface area contributed by atoms with Crippen LogP contribution < -0.4 is 0 Å². The molecule has 0 aromatic heterocycles. The summed E-state index contributed by atoms with van der Waals surface area (Å²) in [5.41, 5.74) is 0. The smallest absolute Gasteiger partial charge is 0.132 e. The van der Waals surface area contributed by atoms with Gasteiger partial charge in [0.2, 0.25) is 0 Å². The van der Waals surface area contributed by atoms with E-state index in [2.05, 4.69) is 20.4 Å². The summed E-state index contributed by atoms with van der Waals surface area (Å²) in [5.74, 6) is 1.80. The largest absolute Gasteiger partial charge is 0.513 e. The van der Waals surface area contributed by atoms with Crippen molar-refractivity contribution in [3.8, 4) is 0 Å². The maximum atomic E-state index is 11.3. The first-order chi connectivity index (χ1) is 6.93. The molecule has 1 aliphatic carbocycles. The van der Waals surface area contributed by atoms with Crippen molar-refractivity contribution >= 4 is 5.78 Å². The number of hydrogen-bond donors (Lipinski definition) is 1. The van der Waals surface area contributed by atoms with Crippen molar-refractivity contribution in [3.05, 3.63) is 12.3 Å². The number of ketones is 1. The molecular weight excluding hydrogens is 188 g/mol. The molecule has 86 valence electrons. The summed E-state index contributed by atoms with van der Waals surface area (Å²) in [6.45, 7) is 9.65. The van der Waals surface area contributed by atoms with Gasteiger partial charge < -0.3 is 5.11 Å². The number of aliphatic hydroxyl groups excluding tert-OH is 1. The lowest BCUT2D eigenvalue weighted by molar-refractivity contribution is -0.122. The highest BCUT2D eigenvalue weighted by Gasteiger charge is 2.35. The van der Waals surface area contributed by atoms with E-state index in [9.17, 15) is 9.90 Å². The lowest BCUT2D eigenvalue weighted by Crippen LogP contribution is -2.32. The number of aliphatic hydroxyl groups is 1. The fourth-order valence-electron chi connectivity index (χ4n) is 2.74. The molecule has 0 spiro atoms. The van der Waals surface area contributed by atoms with Crippen molar-refractivity contribution in [2.75, 3.05) is 0 Å². The van der Waals surface area contributed by atoms with Crippen molar-refractivity contribution in [1.82, 2.24) is 0 Å². The summed E-state index contributed by atoms with van der Waals surface area (Å²) in [4.78, 5) is 11.3. The molecule has 0 aromatic carbocycles. The van der Waals surface area contributed by atoms with Crippen LogP contribution >= 0.6 is 0 Å². The molecular formula is C13H22O2. The molecule has 1 fully saturated rings. The number of Topliss-reactive ketones (excluding diaryl/α,β-unsaturated/α-hetero) is 1. The number of allylic oxidation sites excluding steroid dienone is 1. The summed E-state index contributed by atoms with van der Waals surface area (Å²) in [7, 11) is 0. The quantitative estimate of drug-likeness (QED) is 0.725. The van der Waals surface area contributed by atoms with Gasteiger partial charge in [0.15, 0.2) is 0 Å². The van der Waals surface area contributed by atoms with Gasteiger partial charge >= 0.3 is 0 Å². The molecule has 1 saturated carbocycles. The standard InChI is InChI=1S/C13H22O2/c1-8(2)12-6-5-11(9(3)14)7-13(12)10(4)15/h8,11-13,15H,4-7H2,1-3H3. The number of carbonyl (C=O) groups excluding carboxylic acids is 1. The van der Waals surface area contributed by atoms with Crippen molar-refractivity contribution in [2.24, 2.45) is 23.7 Å². The molecule has 0 aromatic rings. The van der Waals surface area contributed by atoms with E-state index in [1.54, 1.807) is 6.92 Å². The van der Waals surface area contributed by atoms with Gasteiger partial charge in [-0.1, -0.05) is 20.4 Å². The van der Waals surface area contributed by atoms with Crippen LogP contribution in [0.15, 0.2) is 12.3 Å². The minimum atomic E-state index is 0.118. The van der Waals surface area contributed by atoms with Gasteiger partial charge in [0, 0.05) is 11.8 Å². The lowest BCUT2D eigenvalue weighted by atomic mass is 9.68. The summed E-state index contributed by atoms with van der Waals surface area (Å²) < 4.78 is 0. The maximum absolute atomic E-state index is 11.3. The molecule has 15 heavy (non-hydrogen) atoms. The van der Waals surface area contributed by atoms with Crippen LogP contribution in [0.25, 0.3) is 0 Å². The fourth-order valence-corrected chi connectivity index (χ4v) is 2.74. The average molecular weight is 210 g/mol.